The SMILES string of the molecule is COc1ccc2c(c1)C1(Nc3ccccc3C(=O)N1CCc1ccccc1)C(=O)N2. The molecule has 0 radical (unpaired) electrons. The van der Waals surface area contributed by atoms with Gasteiger partial charge in [-0.3, -0.25) is 9.59 Å². The van der Waals surface area contributed by atoms with Crippen LogP contribution in [-0.4, -0.2) is 30.4 Å². The van der Waals surface area contributed by atoms with Gasteiger partial charge in [0, 0.05) is 23.5 Å². The molecule has 2 heterocycles. The largest absolute Gasteiger partial charge is 0.497 e. The highest BCUT2D eigenvalue weighted by molar-refractivity contribution is 6.14. The van der Waals surface area contributed by atoms with E-state index in [1.807, 2.05) is 60.7 Å². The summed E-state index contributed by atoms with van der Waals surface area (Å²) in [6.45, 7) is 0.383. The van der Waals surface area contributed by atoms with Gasteiger partial charge in [0.2, 0.25) is 5.66 Å². The van der Waals surface area contributed by atoms with Crippen molar-refractivity contribution in [2.75, 3.05) is 24.3 Å². The molecule has 0 saturated carbocycles. The number of carbonyl (C=O) groups is 2. The maximum Gasteiger partial charge on any atom is 0.276 e. The van der Waals surface area contributed by atoms with Crippen LogP contribution in [0.2, 0.25) is 0 Å². The van der Waals surface area contributed by atoms with Crippen molar-refractivity contribution in [1.29, 1.82) is 0 Å². The number of rotatable bonds is 4. The van der Waals surface area contributed by atoms with E-state index in [0.717, 1.165) is 5.56 Å². The maximum atomic E-state index is 13.6. The van der Waals surface area contributed by atoms with E-state index in [-0.39, 0.29) is 11.8 Å². The predicted octanol–water partition coefficient (Wildman–Crippen LogP) is 3.61. The predicted molar refractivity (Wildman–Crippen MR) is 115 cm³/mol. The van der Waals surface area contributed by atoms with Crippen molar-refractivity contribution in [3.05, 3.63) is 89.5 Å². The Morgan fingerprint density at radius 1 is 0.933 bits per heavy atom. The number of nitrogens with zero attached hydrogens (tertiary/aromatic N) is 1. The zero-order valence-corrected chi connectivity index (χ0v) is 16.5. The summed E-state index contributed by atoms with van der Waals surface area (Å²) >= 11 is 0. The fraction of sp³-hybridized carbons (Fsp3) is 0.167. The molecule has 3 aromatic rings. The molecule has 5 rings (SSSR count). The first-order valence-corrected chi connectivity index (χ1v) is 9.86. The lowest BCUT2D eigenvalue weighted by molar-refractivity contribution is -0.125. The number of anilines is 2. The Kier molecular flexibility index (Phi) is 4.20. The monoisotopic (exact) mass is 399 g/mol. The summed E-state index contributed by atoms with van der Waals surface area (Å²) in [6, 6.07) is 22.7. The van der Waals surface area contributed by atoms with Crippen LogP contribution in [-0.2, 0) is 16.9 Å². The van der Waals surface area contributed by atoms with Crippen LogP contribution in [0.5, 0.6) is 5.75 Å². The van der Waals surface area contributed by atoms with Crippen LogP contribution >= 0.6 is 0 Å². The van der Waals surface area contributed by atoms with E-state index in [0.29, 0.717) is 41.2 Å². The van der Waals surface area contributed by atoms with Crippen LogP contribution in [0.25, 0.3) is 0 Å². The van der Waals surface area contributed by atoms with E-state index in [4.69, 9.17) is 4.74 Å². The molecule has 3 aromatic carbocycles. The Morgan fingerprint density at radius 3 is 2.50 bits per heavy atom. The van der Waals surface area contributed by atoms with Crippen molar-refractivity contribution < 1.29 is 14.3 Å². The van der Waals surface area contributed by atoms with Gasteiger partial charge in [-0.1, -0.05) is 42.5 Å². The smallest absolute Gasteiger partial charge is 0.276 e. The molecule has 0 saturated heterocycles. The van der Waals surface area contributed by atoms with Gasteiger partial charge in [0.05, 0.1) is 12.7 Å². The van der Waals surface area contributed by atoms with Crippen molar-refractivity contribution in [2.24, 2.45) is 0 Å². The molecule has 150 valence electrons. The Balaban J connectivity index is 1.65. The van der Waals surface area contributed by atoms with Crippen molar-refractivity contribution in [1.82, 2.24) is 4.90 Å². The van der Waals surface area contributed by atoms with Crippen LogP contribution in [0.1, 0.15) is 21.5 Å². The number of hydrogen-bond acceptors (Lipinski definition) is 4. The number of amides is 2. The molecule has 0 aromatic heterocycles. The third-order valence-electron chi connectivity index (χ3n) is 5.78. The Hall–Kier alpha value is -3.80. The third kappa shape index (κ3) is 2.64. The lowest BCUT2D eigenvalue weighted by Gasteiger charge is -2.44. The second-order valence-electron chi connectivity index (χ2n) is 7.44. The van der Waals surface area contributed by atoms with Crippen LogP contribution in [0.15, 0.2) is 72.8 Å². The summed E-state index contributed by atoms with van der Waals surface area (Å²) in [5.74, 6) is 0.175. The number of carbonyl (C=O) groups excluding carboxylic acids is 2. The minimum atomic E-state index is -1.33. The third-order valence-corrected chi connectivity index (χ3v) is 5.78. The molecule has 6 nitrogen and oxygen atoms in total. The van der Waals surface area contributed by atoms with Gasteiger partial charge in [-0.25, -0.2) is 0 Å². The van der Waals surface area contributed by atoms with Gasteiger partial charge in [-0.05, 0) is 42.3 Å². The highest BCUT2D eigenvalue weighted by atomic mass is 16.5. The zero-order valence-electron chi connectivity index (χ0n) is 16.5. The molecule has 2 aliphatic heterocycles. The lowest BCUT2D eigenvalue weighted by Crippen LogP contribution is -2.61. The molecule has 1 atom stereocenters. The molecule has 0 aliphatic carbocycles. The number of fused-ring (bicyclic) bond motifs is 3. The van der Waals surface area contributed by atoms with Gasteiger partial charge < -0.3 is 20.3 Å². The molecule has 2 amide bonds. The van der Waals surface area contributed by atoms with Crippen LogP contribution in [0, 0.1) is 0 Å². The van der Waals surface area contributed by atoms with Crippen LogP contribution in [0.4, 0.5) is 11.4 Å². The standard InChI is InChI=1S/C24H21N3O3/c1-30-17-11-12-21-19(15-17)24(23(29)25-21)26-20-10-6-5-9-18(20)22(28)27(24)14-13-16-7-3-2-4-8-16/h2-12,15,26H,13-14H2,1H3,(H,25,29). The van der Waals surface area contributed by atoms with E-state index < -0.39 is 5.66 Å². The number of ether oxygens (including phenoxy) is 1. The van der Waals surface area contributed by atoms with E-state index in [9.17, 15) is 9.59 Å². The van der Waals surface area contributed by atoms with Gasteiger partial charge in [-0.2, -0.15) is 0 Å². The molecule has 30 heavy (non-hydrogen) atoms. The van der Waals surface area contributed by atoms with Crippen LogP contribution in [0.3, 0.4) is 0 Å². The number of methoxy groups -OCH3 is 1. The summed E-state index contributed by atoms with van der Waals surface area (Å²) in [7, 11) is 1.58. The first-order chi connectivity index (χ1) is 14.6. The van der Waals surface area contributed by atoms with E-state index >= 15 is 0 Å². The second kappa shape index (κ2) is 6.91. The van der Waals surface area contributed by atoms with E-state index in [1.54, 1.807) is 24.1 Å². The molecule has 6 heteroatoms. The van der Waals surface area contributed by atoms with Gasteiger partial charge >= 0.3 is 0 Å². The summed E-state index contributed by atoms with van der Waals surface area (Å²) in [6.07, 6.45) is 0.630. The summed E-state index contributed by atoms with van der Waals surface area (Å²) in [5.41, 5.74) is 2.32. The fourth-order valence-corrected chi connectivity index (χ4v) is 4.28. The van der Waals surface area contributed by atoms with Crippen molar-refractivity contribution in [3.8, 4) is 5.75 Å². The Bertz CT molecular complexity index is 1150. The maximum absolute atomic E-state index is 13.6. The molecule has 1 spiro atoms. The van der Waals surface area contributed by atoms with Gasteiger partial charge in [0.25, 0.3) is 11.8 Å². The van der Waals surface area contributed by atoms with Gasteiger partial charge in [-0.15, -0.1) is 0 Å². The molecular formula is C24H21N3O3. The van der Waals surface area contributed by atoms with Crippen molar-refractivity contribution in [2.45, 2.75) is 12.1 Å². The number of benzene rings is 3. The molecule has 2 aliphatic rings. The summed E-state index contributed by atoms with van der Waals surface area (Å²) in [4.78, 5) is 28.6. The van der Waals surface area contributed by atoms with Crippen molar-refractivity contribution >= 4 is 23.2 Å². The van der Waals surface area contributed by atoms with Crippen LogP contribution < -0.4 is 15.4 Å². The average Bonchev–Trinajstić information content (AvgIpc) is 3.05. The molecular weight excluding hydrogens is 378 g/mol. The first kappa shape index (κ1) is 18.2. The Morgan fingerprint density at radius 2 is 1.70 bits per heavy atom. The number of para-hydroxylation sites is 1. The Labute approximate surface area is 174 Å². The number of hydrogen-bond donors (Lipinski definition) is 2. The lowest BCUT2D eigenvalue weighted by atomic mass is 9.92. The molecule has 1 unspecified atom stereocenters. The average molecular weight is 399 g/mol. The van der Waals surface area contributed by atoms with Crippen molar-refractivity contribution in [3.63, 3.8) is 0 Å². The normalized spacial score (nSPS) is 19.2. The molecule has 0 fully saturated rings. The second-order valence-corrected chi connectivity index (χ2v) is 7.44. The quantitative estimate of drug-likeness (QED) is 0.703. The molecule has 0 bridgehead atoms. The number of nitrogens with one attached hydrogen (secondary N) is 2. The summed E-state index contributed by atoms with van der Waals surface area (Å²) < 4.78 is 5.40. The van der Waals surface area contributed by atoms with E-state index in [1.165, 1.54) is 0 Å². The summed E-state index contributed by atoms with van der Waals surface area (Å²) in [5, 5.41) is 6.32. The highest BCUT2D eigenvalue weighted by Gasteiger charge is 2.56. The molecule has 2 N–H and O–H groups in total. The van der Waals surface area contributed by atoms with E-state index in [2.05, 4.69) is 10.6 Å². The van der Waals surface area contributed by atoms with Gasteiger partial charge in [0.15, 0.2) is 0 Å². The minimum Gasteiger partial charge on any atom is -0.497 e. The fourth-order valence-electron chi connectivity index (χ4n) is 4.28. The minimum absolute atomic E-state index is 0.175. The van der Waals surface area contributed by atoms with Gasteiger partial charge in [0.1, 0.15) is 5.75 Å². The zero-order chi connectivity index (χ0) is 20.7. The highest BCUT2D eigenvalue weighted by Crippen LogP contribution is 2.46. The first-order valence-electron chi connectivity index (χ1n) is 9.86. The topological polar surface area (TPSA) is 70.7 Å².